The van der Waals surface area contributed by atoms with Gasteiger partial charge in [-0.25, -0.2) is 4.98 Å². The predicted molar refractivity (Wildman–Crippen MR) is 58.0 cm³/mol. The topological polar surface area (TPSA) is 81.5 Å². The molecule has 1 aromatic heterocycles. The van der Waals surface area contributed by atoms with Crippen molar-refractivity contribution in [3.63, 3.8) is 0 Å². The lowest BCUT2D eigenvalue weighted by molar-refractivity contribution is -0.138. The molecule has 0 amide bonds. The molecule has 1 aliphatic rings. The van der Waals surface area contributed by atoms with Crippen LogP contribution in [0, 0.1) is 0 Å². The highest BCUT2D eigenvalue weighted by Crippen LogP contribution is 2.26. The fourth-order valence-corrected chi connectivity index (χ4v) is 1.69. The summed E-state index contributed by atoms with van der Waals surface area (Å²) in [7, 11) is 1.51. The maximum absolute atomic E-state index is 10.9. The Morgan fingerprint density at radius 3 is 2.94 bits per heavy atom. The largest absolute Gasteiger partial charge is 0.481 e. The minimum Gasteiger partial charge on any atom is -0.481 e. The average Bonchev–Trinajstić information content (AvgIpc) is 2.36. The van der Waals surface area contributed by atoms with Crippen molar-refractivity contribution in [2.75, 3.05) is 13.7 Å². The van der Waals surface area contributed by atoms with Gasteiger partial charge >= 0.3 is 5.97 Å². The maximum atomic E-state index is 10.9. The summed E-state index contributed by atoms with van der Waals surface area (Å²) in [6, 6.07) is 0. The Bertz CT molecular complexity index is 430. The van der Waals surface area contributed by atoms with Gasteiger partial charge < -0.3 is 14.6 Å². The number of methoxy groups -OCH3 is 1. The van der Waals surface area contributed by atoms with E-state index in [1.807, 2.05) is 0 Å². The predicted octanol–water partition coefficient (Wildman–Crippen LogP) is 0.746. The van der Waals surface area contributed by atoms with Crippen molar-refractivity contribution in [3.8, 4) is 5.88 Å². The zero-order chi connectivity index (χ0) is 12.4. The van der Waals surface area contributed by atoms with Crippen molar-refractivity contribution in [1.82, 2.24) is 9.97 Å². The number of carboxylic acids is 1. The van der Waals surface area contributed by atoms with Crippen LogP contribution in [0.25, 0.3) is 0 Å². The number of nitrogens with zero attached hydrogens (tertiary/aromatic N) is 2. The molecule has 0 saturated carbocycles. The number of aromatic nitrogens is 2. The van der Waals surface area contributed by atoms with Crippen molar-refractivity contribution in [3.05, 3.63) is 17.1 Å². The van der Waals surface area contributed by atoms with E-state index >= 15 is 0 Å². The summed E-state index contributed by atoms with van der Waals surface area (Å²) in [4.78, 5) is 19.3. The Morgan fingerprint density at radius 2 is 2.29 bits per heavy atom. The van der Waals surface area contributed by atoms with Crippen molar-refractivity contribution < 1.29 is 19.4 Å². The van der Waals surface area contributed by atoms with Crippen LogP contribution in [-0.2, 0) is 22.6 Å². The zero-order valence-corrected chi connectivity index (χ0v) is 9.77. The number of fused-ring (bicyclic) bond motifs is 1. The van der Waals surface area contributed by atoms with Crippen LogP contribution < -0.4 is 4.74 Å². The third kappa shape index (κ3) is 2.21. The molecule has 0 aromatic carbocycles. The first kappa shape index (κ1) is 11.8. The lowest BCUT2D eigenvalue weighted by Crippen LogP contribution is -2.19. The van der Waals surface area contributed by atoms with Gasteiger partial charge in [-0.05, 0) is 6.92 Å². The quantitative estimate of drug-likeness (QED) is 0.836. The van der Waals surface area contributed by atoms with Crippen LogP contribution in [0.2, 0.25) is 0 Å². The van der Waals surface area contributed by atoms with E-state index in [9.17, 15) is 4.79 Å². The monoisotopic (exact) mass is 238 g/mol. The number of hydrogen-bond acceptors (Lipinski definition) is 5. The van der Waals surface area contributed by atoms with E-state index in [1.165, 1.54) is 7.11 Å². The summed E-state index contributed by atoms with van der Waals surface area (Å²) in [6.45, 7) is 2.57. The Kier molecular flexibility index (Phi) is 3.23. The van der Waals surface area contributed by atoms with E-state index in [-0.39, 0.29) is 5.82 Å². The Balaban J connectivity index is 2.46. The number of hydrogen-bond donors (Lipinski definition) is 1. The normalized spacial score (nSPS) is 16.1. The van der Waals surface area contributed by atoms with Gasteiger partial charge in [-0.15, -0.1) is 0 Å². The molecule has 17 heavy (non-hydrogen) atoms. The summed E-state index contributed by atoms with van der Waals surface area (Å²) in [6.07, 6.45) is 0.660. The smallest absolute Gasteiger partial charge is 0.313 e. The molecule has 1 unspecified atom stereocenters. The second kappa shape index (κ2) is 4.67. The van der Waals surface area contributed by atoms with E-state index < -0.39 is 11.9 Å². The first-order valence-corrected chi connectivity index (χ1v) is 5.37. The van der Waals surface area contributed by atoms with Crippen LogP contribution in [0.1, 0.15) is 29.9 Å². The third-order valence-corrected chi connectivity index (χ3v) is 2.75. The van der Waals surface area contributed by atoms with Crippen molar-refractivity contribution in [1.29, 1.82) is 0 Å². The highest BCUT2D eigenvalue weighted by molar-refractivity contribution is 5.74. The molecule has 0 fully saturated rings. The first-order chi connectivity index (χ1) is 8.13. The molecule has 1 atom stereocenters. The van der Waals surface area contributed by atoms with Crippen LogP contribution in [0.5, 0.6) is 5.88 Å². The van der Waals surface area contributed by atoms with Gasteiger partial charge in [0, 0.05) is 6.42 Å². The summed E-state index contributed by atoms with van der Waals surface area (Å²) in [5.41, 5.74) is 1.64. The molecule has 0 spiro atoms. The van der Waals surface area contributed by atoms with E-state index in [2.05, 4.69) is 9.97 Å². The fourth-order valence-electron chi connectivity index (χ4n) is 1.69. The van der Waals surface area contributed by atoms with Gasteiger partial charge in [-0.2, -0.15) is 4.98 Å². The van der Waals surface area contributed by atoms with Gasteiger partial charge in [-0.3, -0.25) is 4.79 Å². The van der Waals surface area contributed by atoms with E-state index in [0.717, 1.165) is 11.3 Å². The summed E-state index contributed by atoms with van der Waals surface area (Å²) in [5.74, 6) is -0.982. The van der Waals surface area contributed by atoms with Crippen LogP contribution in [-0.4, -0.2) is 34.8 Å². The number of carbonyl (C=O) groups is 1. The van der Waals surface area contributed by atoms with Crippen LogP contribution >= 0.6 is 0 Å². The Hall–Kier alpha value is -1.69. The second-order valence-corrected chi connectivity index (χ2v) is 3.88. The summed E-state index contributed by atoms with van der Waals surface area (Å²) in [5, 5.41) is 8.96. The first-order valence-electron chi connectivity index (χ1n) is 5.37. The highest BCUT2D eigenvalue weighted by Gasteiger charge is 2.23. The SMILES string of the molecule is COc1nc(C(C)C(=O)O)nc2c1COCC2. The van der Waals surface area contributed by atoms with Gasteiger partial charge in [0.1, 0.15) is 11.7 Å². The van der Waals surface area contributed by atoms with Crippen LogP contribution in [0.3, 0.4) is 0 Å². The van der Waals surface area contributed by atoms with Crippen LogP contribution in [0.15, 0.2) is 0 Å². The molecular weight excluding hydrogens is 224 g/mol. The van der Waals surface area contributed by atoms with Gasteiger partial charge in [-0.1, -0.05) is 0 Å². The Morgan fingerprint density at radius 1 is 1.53 bits per heavy atom. The lowest BCUT2D eigenvalue weighted by Gasteiger charge is -2.19. The Labute approximate surface area is 98.6 Å². The van der Waals surface area contributed by atoms with E-state index in [4.69, 9.17) is 14.6 Å². The minimum atomic E-state index is -0.945. The van der Waals surface area contributed by atoms with Crippen molar-refractivity contribution in [2.45, 2.75) is 25.9 Å². The molecular formula is C11H14N2O4. The standard InChI is InChI=1S/C11H14N2O4/c1-6(11(14)15)9-12-8-3-4-17-5-7(8)10(13-9)16-2/h6H,3-5H2,1-2H3,(H,14,15). The molecule has 1 aromatic rings. The second-order valence-electron chi connectivity index (χ2n) is 3.88. The number of rotatable bonds is 3. The molecule has 1 aliphatic heterocycles. The molecule has 0 aliphatic carbocycles. The zero-order valence-electron chi connectivity index (χ0n) is 9.77. The molecule has 0 saturated heterocycles. The molecule has 0 bridgehead atoms. The van der Waals surface area contributed by atoms with Crippen LogP contribution in [0.4, 0.5) is 0 Å². The molecule has 2 heterocycles. The van der Waals surface area contributed by atoms with Crippen molar-refractivity contribution in [2.24, 2.45) is 0 Å². The number of carboxylic acid groups (broad SMARTS) is 1. The fraction of sp³-hybridized carbons (Fsp3) is 0.545. The van der Waals surface area contributed by atoms with Gasteiger partial charge in [0.05, 0.1) is 31.6 Å². The minimum absolute atomic E-state index is 0.287. The summed E-state index contributed by atoms with van der Waals surface area (Å²) >= 11 is 0. The van der Waals surface area contributed by atoms with E-state index in [0.29, 0.717) is 25.5 Å². The molecule has 0 radical (unpaired) electrons. The molecule has 2 rings (SSSR count). The van der Waals surface area contributed by atoms with Gasteiger partial charge in [0.15, 0.2) is 0 Å². The third-order valence-electron chi connectivity index (χ3n) is 2.75. The molecule has 92 valence electrons. The maximum Gasteiger partial charge on any atom is 0.313 e. The highest BCUT2D eigenvalue weighted by atomic mass is 16.5. The number of aliphatic carboxylic acids is 1. The molecule has 1 N–H and O–H groups in total. The molecule has 6 nitrogen and oxygen atoms in total. The van der Waals surface area contributed by atoms with Crippen molar-refractivity contribution >= 4 is 5.97 Å². The lowest BCUT2D eigenvalue weighted by atomic mass is 10.1. The summed E-state index contributed by atoms with van der Waals surface area (Å²) < 4.78 is 10.5. The van der Waals surface area contributed by atoms with E-state index in [1.54, 1.807) is 6.92 Å². The molecule has 6 heteroatoms. The van der Waals surface area contributed by atoms with Gasteiger partial charge in [0.25, 0.3) is 0 Å². The number of ether oxygens (including phenoxy) is 2. The average molecular weight is 238 g/mol. The van der Waals surface area contributed by atoms with Gasteiger partial charge in [0.2, 0.25) is 5.88 Å².